The van der Waals surface area contributed by atoms with Crippen molar-refractivity contribution in [2.45, 2.75) is 37.7 Å². The summed E-state index contributed by atoms with van der Waals surface area (Å²) in [4.78, 5) is 12.1. The van der Waals surface area contributed by atoms with Crippen LogP contribution in [0.2, 0.25) is 0 Å². The fourth-order valence-electron chi connectivity index (χ4n) is 3.47. The highest BCUT2D eigenvalue weighted by atomic mass is 32.2. The van der Waals surface area contributed by atoms with E-state index in [1.807, 2.05) is 36.4 Å². The molecule has 4 rings (SSSR count). The normalized spacial score (nSPS) is 11.2. The summed E-state index contributed by atoms with van der Waals surface area (Å²) in [6, 6.07) is 15.4. The van der Waals surface area contributed by atoms with Crippen molar-refractivity contribution in [3.63, 3.8) is 0 Å². The van der Waals surface area contributed by atoms with Crippen molar-refractivity contribution < 1.29 is 9.15 Å². The number of thioether (sulfide) groups is 1. The van der Waals surface area contributed by atoms with E-state index in [9.17, 15) is 4.79 Å². The van der Waals surface area contributed by atoms with Gasteiger partial charge in [-0.2, -0.15) is 0 Å². The first-order valence-corrected chi connectivity index (χ1v) is 10.9. The van der Waals surface area contributed by atoms with Crippen LogP contribution in [-0.4, -0.2) is 21.9 Å². The van der Waals surface area contributed by atoms with Crippen molar-refractivity contribution in [1.29, 1.82) is 0 Å². The molecule has 2 aromatic carbocycles. The lowest BCUT2D eigenvalue weighted by atomic mass is 10.1. The van der Waals surface area contributed by atoms with Gasteiger partial charge in [-0.25, -0.2) is 4.79 Å². The van der Waals surface area contributed by atoms with Crippen LogP contribution in [0.4, 0.5) is 0 Å². The third-order valence-electron chi connectivity index (χ3n) is 5.04. The highest BCUT2D eigenvalue weighted by Crippen LogP contribution is 2.32. The largest absolute Gasteiger partial charge is 0.496 e. The van der Waals surface area contributed by atoms with Gasteiger partial charge < -0.3 is 13.7 Å². The van der Waals surface area contributed by atoms with Gasteiger partial charge in [0.1, 0.15) is 11.3 Å². The van der Waals surface area contributed by atoms with Crippen LogP contribution >= 0.6 is 11.8 Å². The number of hydrogen-bond donors (Lipinski definition) is 0. The molecule has 0 bridgehead atoms. The van der Waals surface area contributed by atoms with E-state index in [4.69, 9.17) is 9.15 Å². The molecule has 0 N–H and O–H groups in total. The predicted octanol–water partition coefficient (Wildman–Crippen LogP) is 4.93. The summed E-state index contributed by atoms with van der Waals surface area (Å²) in [5.41, 5.74) is 3.27. The number of nitrogens with zero attached hydrogens (tertiary/aromatic N) is 3. The zero-order chi connectivity index (χ0) is 21.1. The molecule has 0 radical (unpaired) electrons. The Morgan fingerprint density at radius 3 is 2.70 bits per heavy atom. The van der Waals surface area contributed by atoms with Crippen LogP contribution in [0.5, 0.6) is 5.75 Å². The minimum Gasteiger partial charge on any atom is -0.496 e. The molecule has 6 nitrogen and oxygen atoms in total. The van der Waals surface area contributed by atoms with Crippen LogP contribution in [-0.2, 0) is 18.7 Å². The summed E-state index contributed by atoms with van der Waals surface area (Å²) in [6.45, 7) is 4.86. The topological polar surface area (TPSA) is 70.2 Å². The van der Waals surface area contributed by atoms with E-state index in [2.05, 4.69) is 34.7 Å². The quantitative estimate of drug-likeness (QED) is 0.311. The monoisotopic (exact) mass is 421 g/mol. The predicted molar refractivity (Wildman–Crippen MR) is 119 cm³/mol. The van der Waals surface area contributed by atoms with Gasteiger partial charge in [0, 0.05) is 23.8 Å². The van der Waals surface area contributed by atoms with Crippen LogP contribution in [0, 0.1) is 0 Å². The number of methoxy groups -OCH3 is 1. The Kier molecular flexibility index (Phi) is 5.90. The maximum Gasteiger partial charge on any atom is 0.336 e. The first-order chi connectivity index (χ1) is 14.6. The third kappa shape index (κ3) is 3.85. The van der Waals surface area contributed by atoms with E-state index in [0.29, 0.717) is 11.3 Å². The summed E-state index contributed by atoms with van der Waals surface area (Å²) >= 11 is 1.56. The van der Waals surface area contributed by atoms with Gasteiger partial charge in [-0.1, -0.05) is 43.0 Å². The molecule has 2 heterocycles. The van der Waals surface area contributed by atoms with Crippen molar-refractivity contribution in [2.24, 2.45) is 0 Å². The first kappa shape index (κ1) is 20.2. The van der Waals surface area contributed by atoms with Crippen LogP contribution in [0.1, 0.15) is 25.0 Å². The van der Waals surface area contributed by atoms with Crippen molar-refractivity contribution in [1.82, 2.24) is 14.8 Å². The number of benzene rings is 2. The molecular formula is C23H23N3O3S. The SMILES string of the molecule is CCc1ccc2c(CSc3nnc(-c4ccccc4OC)n3CC)cc(=O)oc2c1. The Balaban J connectivity index is 1.67. The van der Waals surface area contributed by atoms with Gasteiger partial charge in [0.25, 0.3) is 0 Å². The third-order valence-corrected chi connectivity index (χ3v) is 6.06. The average Bonchev–Trinajstić information content (AvgIpc) is 3.19. The molecule has 0 aliphatic rings. The highest BCUT2D eigenvalue weighted by molar-refractivity contribution is 7.98. The van der Waals surface area contributed by atoms with Gasteiger partial charge in [-0.3, -0.25) is 0 Å². The van der Waals surface area contributed by atoms with E-state index in [-0.39, 0.29) is 5.63 Å². The second-order valence-electron chi connectivity index (χ2n) is 6.81. The zero-order valence-corrected chi connectivity index (χ0v) is 18.0. The zero-order valence-electron chi connectivity index (χ0n) is 17.2. The van der Waals surface area contributed by atoms with Crippen molar-refractivity contribution >= 4 is 22.7 Å². The van der Waals surface area contributed by atoms with Gasteiger partial charge >= 0.3 is 5.63 Å². The second-order valence-corrected chi connectivity index (χ2v) is 7.76. The minimum atomic E-state index is -0.335. The van der Waals surface area contributed by atoms with Gasteiger partial charge in [0.15, 0.2) is 11.0 Å². The van der Waals surface area contributed by atoms with Gasteiger partial charge in [-0.15, -0.1) is 10.2 Å². The Morgan fingerprint density at radius 2 is 1.93 bits per heavy atom. The lowest BCUT2D eigenvalue weighted by Gasteiger charge is -2.11. The number of ether oxygens (including phenoxy) is 1. The summed E-state index contributed by atoms with van der Waals surface area (Å²) in [7, 11) is 1.65. The van der Waals surface area contributed by atoms with E-state index in [0.717, 1.165) is 51.8 Å². The maximum absolute atomic E-state index is 12.1. The lowest BCUT2D eigenvalue weighted by molar-refractivity contribution is 0.416. The maximum atomic E-state index is 12.1. The van der Waals surface area contributed by atoms with Crippen LogP contribution in [0.3, 0.4) is 0 Å². The molecule has 0 amide bonds. The minimum absolute atomic E-state index is 0.335. The van der Waals surface area contributed by atoms with Crippen LogP contribution in [0.25, 0.3) is 22.4 Å². The molecule has 7 heteroatoms. The van der Waals surface area contributed by atoms with Crippen molar-refractivity contribution in [3.05, 3.63) is 70.1 Å². The second kappa shape index (κ2) is 8.75. The van der Waals surface area contributed by atoms with E-state index >= 15 is 0 Å². The Morgan fingerprint density at radius 1 is 1.10 bits per heavy atom. The summed E-state index contributed by atoms with van der Waals surface area (Å²) in [6.07, 6.45) is 0.893. The van der Waals surface area contributed by atoms with E-state index < -0.39 is 0 Å². The smallest absolute Gasteiger partial charge is 0.336 e. The lowest BCUT2D eigenvalue weighted by Crippen LogP contribution is -2.02. The molecule has 0 atom stereocenters. The molecule has 0 unspecified atom stereocenters. The van der Waals surface area contributed by atoms with Crippen LogP contribution in [0.15, 0.2) is 62.9 Å². The molecule has 0 spiro atoms. The molecule has 0 aliphatic heterocycles. The fourth-order valence-corrected chi connectivity index (χ4v) is 4.46. The van der Waals surface area contributed by atoms with E-state index in [1.165, 1.54) is 0 Å². The van der Waals surface area contributed by atoms with E-state index in [1.54, 1.807) is 24.9 Å². The number of aromatic nitrogens is 3. The van der Waals surface area contributed by atoms with Gasteiger partial charge in [-0.05, 0) is 42.7 Å². The number of rotatable bonds is 7. The Bertz CT molecular complexity index is 1250. The molecule has 0 saturated carbocycles. The summed E-state index contributed by atoms with van der Waals surface area (Å²) in [5.74, 6) is 2.12. The Hall–Kier alpha value is -3.06. The molecular weight excluding hydrogens is 398 g/mol. The molecule has 4 aromatic rings. The van der Waals surface area contributed by atoms with Crippen molar-refractivity contribution in [2.75, 3.05) is 7.11 Å². The Labute approximate surface area is 178 Å². The molecule has 2 aromatic heterocycles. The first-order valence-electron chi connectivity index (χ1n) is 9.89. The van der Waals surface area contributed by atoms with Gasteiger partial charge in [0.05, 0.1) is 12.7 Å². The number of fused-ring (bicyclic) bond motifs is 1. The summed E-state index contributed by atoms with van der Waals surface area (Å²) < 4.78 is 13.0. The number of para-hydroxylation sites is 1. The highest BCUT2D eigenvalue weighted by Gasteiger charge is 2.17. The fraction of sp³-hybridized carbons (Fsp3) is 0.261. The average molecular weight is 422 g/mol. The molecule has 0 aliphatic carbocycles. The number of hydrogen-bond acceptors (Lipinski definition) is 6. The molecule has 0 saturated heterocycles. The standard InChI is InChI=1S/C23H23N3O3S/c1-4-15-10-11-17-16(13-21(27)29-20(17)12-15)14-30-23-25-24-22(26(23)5-2)18-8-6-7-9-19(18)28-3/h6-13H,4-5,14H2,1-3H3. The van der Waals surface area contributed by atoms with Gasteiger partial charge in [0.2, 0.25) is 0 Å². The van der Waals surface area contributed by atoms with Crippen LogP contribution < -0.4 is 10.4 Å². The molecule has 30 heavy (non-hydrogen) atoms. The molecule has 154 valence electrons. The summed E-state index contributed by atoms with van der Waals surface area (Å²) in [5, 5.41) is 10.6. The number of aryl methyl sites for hydroxylation is 1. The van der Waals surface area contributed by atoms with Crippen molar-refractivity contribution in [3.8, 4) is 17.1 Å². The molecule has 0 fully saturated rings.